The molecule has 0 saturated heterocycles. The average molecular weight is 499 g/mol. The minimum atomic E-state index is -2.09. The molecular formula is C30H46O4Si. The Morgan fingerprint density at radius 3 is 1.71 bits per heavy atom. The number of hydrogen-bond acceptors (Lipinski definition) is 4. The molecule has 0 spiro atoms. The van der Waals surface area contributed by atoms with E-state index in [-0.39, 0.29) is 34.7 Å². The summed E-state index contributed by atoms with van der Waals surface area (Å²) >= 11 is 0. The van der Waals surface area contributed by atoms with Gasteiger partial charge in [-0.1, -0.05) is 102 Å². The van der Waals surface area contributed by atoms with Crippen LogP contribution in [0.5, 0.6) is 0 Å². The molecule has 0 N–H and O–H groups in total. The predicted octanol–water partition coefficient (Wildman–Crippen LogP) is 7.29. The van der Waals surface area contributed by atoms with E-state index < -0.39 is 8.32 Å². The first-order valence-corrected chi connectivity index (χ1v) is 15.8. The van der Waals surface area contributed by atoms with Crippen LogP contribution in [0.25, 0.3) is 0 Å². The lowest BCUT2D eigenvalue weighted by Gasteiger charge is -2.42. The minimum Gasteiger partial charge on any atom is -0.413 e. The van der Waals surface area contributed by atoms with Crippen molar-refractivity contribution < 1.29 is 18.7 Å². The summed E-state index contributed by atoms with van der Waals surface area (Å²) in [7, 11) is -2.09. The first-order valence-electron chi connectivity index (χ1n) is 12.9. The second kappa shape index (κ2) is 13.5. The van der Waals surface area contributed by atoms with Crippen molar-refractivity contribution in [3.63, 3.8) is 0 Å². The number of hydrogen-bond donors (Lipinski definition) is 0. The molecule has 5 heteroatoms. The van der Waals surface area contributed by atoms with Gasteiger partial charge in [-0.25, -0.2) is 0 Å². The highest BCUT2D eigenvalue weighted by atomic mass is 28.4. The van der Waals surface area contributed by atoms with Crippen LogP contribution in [0.15, 0.2) is 60.7 Å². The third-order valence-corrected chi connectivity index (χ3v) is 11.7. The van der Waals surface area contributed by atoms with Crippen LogP contribution >= 0.6 is 0 Å². The fraction of sp³-hybridized carbons (Fsp3) is 0.567. The van der Waals surface area contributed by atoms with Crippen LogP contribution in [0.2, 0.25) is 18.1 Å². The van der Waals surface area contributed by atoms with Crippen molar-refractivity contribution in [3.05, 3.63) is 71.8 Å². The monoisotopic (exact) mass is 498 g/mol. The van der Waals surface area contributed by atoms with E-state index in [9.17, 15) is 4.79 Å². The van der Waals surface area contributed by atoms with E-state index >= 15 is 0 Å². The third-order valence-electron chi connectivity index (χ3n) is 7.20. The Kier molecular flexibility index (Phi) is 11.4. The van der Waals surface area contributed by atoms with Gasteiger partial charge in [-0.3, -0.25) is 4.79 Å². The molecule has 0 saturated carbocycles. The zero-order chi connectivity index (χ0) is 26.1. The molecule has 2 aromatic carbocycles. The van der Waals surface area contributed by atoms with Gasteiger partial charge in [0.1, 0.15) is 5.78 Å². The number of ether oxygens (including phenoxy) is 2. The van der Waals surface area contributed by atoms with Crippen molar-refractivity contribution in [1.29, 1.82) is 0 Å². The van der Waals surface area contributed by atoms with Crippen molar-refractivity contribution in [2.45, 2.75) is 79.0 Å². The van der Waals surface area contributed by atoms with Crippen molar-refractivity contribution >= 4 is 14.1 Å². The van der Waals surface area contributed by atoms with Crippen molar-refractivity contribution in [2.75, 3.05) is 13.2 Å². The Bertz CT molecular complexity index is 876. The van der Waals surface area contributed by atoms with Gasteiger partial charge in [0.25, 0.3) is 0 Å². The Hall–Kier alpha value is -1.79. The van der Waals surface area contributed by atoms with Gasteiger partial charge in [0.2, 0.25) is 0 Å². The molecule has 0 heterocycles. The molecule has 4 atom stereocenters. The van der Waals surface area contributed by atoms with E-state index in [1.807, 2.05) is 62.4 Å². The Labute approximate surface area is 214 Å². The second-order valence-electron chi connectivity index (χ2n) is 11.4. The van der Waals surface area contributed by atoms with Gasteiger partial charge in [-0.05, 0) is 29.3 Å². The molecule has 0 amide bonds. The number of carbonyl (C=O) groups excluding carboxylic acids is 1. The minimum absolute atomic E-state index is 0.0586. The van der Waals surface area contributed by atoms with Crippen LogP contribution in [0, 0.1) is 17.8 Å². The molecule has 0 fully saturated rings. The number of Topliss-reactive ketones (excluding diaryl/α,β-unsaturated/α-hetero) is 1. The van der Waals surface area contributed by atoms with E-state index in [1.165, 1.54) is 0 Å². The van der Waals surface area contributed by atoms with Gasteiger partial charge in [-0.15, -0.1) is 0 Å². The molecule has 0 bridgehead atoms. The number of ketones is 1. The molecule has 0 aliphatic carbocycles. The van der Waals surface area contributed by atoms with Crippen LogP contribution in [-0.4, -0.2) is 33.4 Å². The molecule has 0 aliphatic rings. The maximum atomic E-state index is 13.5. The molecule has 0 unspecified atom stereocenters. The predicted molar refractivity (Wildman–Crippen MR) is 147 cm³/mol. The number of benzene rings is 2. The SMILES string of the molecule is C[C@@H](COCc1ccccc1)C(=O)[C@H](C)[C@@H](O[Si](C)(C)C(C)(C)C)[C@@H](C)COCc1ccccc1. The molecule has 2 aromatic rings. The highest BCUT2D eigenvalue weighted by Gasteiger charge is 2.43. The van der Waals surface area contributed by atoms with Crippen molar-refractivity contribution in [2.24, 2.45) is 17.8 Å². The molecule has 194 valence electrons. The fourth-order valence-electron chi connectivity index (χ4n) is 3.88. The lowest BCUT2D eigenvalue weighted by molar-refractivity contribution is -0.132. The van der Waals surface area contributed by atoms with E-state index in [2.05, 4.69) is 52.9 Å². The zero-order valence-electron chi connectivity index (χ0n) is 23.0. The topological polar surface area (TPSA) is 44.8 Å². The highest BCUT2D eigenvalue weighted by Crippen LogP contribution is 2.39. The Morgan fingerprint density at radius 2 is 1.26 bits per heavy atom. The lowest BCUT2D eigenvalue weighted by atomic mass is 9.86. The summed E-state index contributed by atoms with van der Waals surface area (Å²) in [6.45, 7) is 19.4. The van der Waals surface area contributed by atoms with Crippen molar-refractivity contribution in [3.8, 4) is 0 Å². The van der Waals surface area contributed by atoms with E-state index in [0.29, 0.717) is 26.4 Å². The molecule has 35 heavy (non-hydrogen) atoms. The Morgan fingerprint density at radius 1 is 0.800 bits per heavy atom. The van der Waals surface area contributed by atoms with E-state index in [4.69, 9.17) is 13.9 Å². The molecule has 2 rings (SSSR count). The maximum absolute atomic E-state index is 13.5. The highest BCUT2D eigenvalue weighted by molar-refractivity contribution is 6.74. The molecular weight excluding hydrogens is 452 g/mol. The largest absolute Gasteiger partial charge is 0.413 e. The van der Waals surface area contributed by atoms with Crippen LogP contribution in [0.1, 0.15) is 52.7 Å². The first kappa shape index (κ1) is 29.4. The van der Waals surface area contributed by atoms with Crippen molar-refractivity contribution in [1.82, 2.24) is 0 Å². The van der Waals surface area contributed by atoms with E-state index in [1.54, 1.807) is 0 Å². The molecule has 0 aromatic heterocycles. The quantitative estimate of drug-likeness (QED) is 0.257. The molecule has 0 radical (unpaired) electrons. The summed E-state index contributed by atoms with van der Waals surface area (Å²) in [6, 6.07) is 20.2. The third kappa shape index (κ3) is 9.30. The number of rotatable bonds is 14. The summed E-state index contributed by atoms with van der Waals surface area (Å²) in [4.78, 5) is 13.5. The normalized spacial score (nSPS) is 15.9. The summed E-state index contributed by atoms with van der Waals surface area (Å²) in [5, 5.41) is 0.0586. The summed E-state index contributed by atoms with van der Waals surface area (Å²) < 4.78 is 18.8. The lowest BCUT2D eigenvalue weighted by Crippen LogP contribution is -2.49. The summed E-state index contributed by atoms with van der Waals surface area (Å²) in [5.41, 5.74) is 2.26. The van der Waals surface area contributed by atoms with Crippen LogP contribution in [0.4, 0.5) is 0 Å². The van der Waals surface area contributed by atoms with Gasteiger partial charge in [0.15, 0.2) is 8.32 Å². The van der Waals surface area contributed by atoms with Gasteiger partial charge >= 0.3 is 0 Å². The molecule has 0 aliphatic heterocycles. The van der Waals surface area contributed by atoms with E-state index in [0.717, 1.165) is 11.1 Å². The molecule has 4 nitrogen and oxygen atoms in total. The van der Waals surface area contributed by atoms with Gasteiger partial charge in [0.05, 0.1) is 32.5 Å². The number of carbonyl (C=O) groups is 1. The van der Waals surface area contributed by atoms with Gasteiger partial charge < -0.3 is 13.9 Å². The Balaban J connectivity index is 2.04. The summed E-state index contributed by atoms with van der Waals surface area (Å²) in [6.07, 6.45) is -0.198. The zero-order valence-corrected chi connectivity index (χ0v) is 24.0. The maximum Gasteiger partial charge on any atom is 0.192 e. The smallest absolute Gasteiger partial charge is 0.192 e. The van der Waals surface area contributed by atoms with Gasteiger partial charge in [-0.2, -0.15) is 0 Å². The standard InChI is InChI=1S/C30H46O4Si/c1-23(19-32-21-26-15-11-9-12-16-26)28(31)25(3)29(34-35(7,8)30(4,5)6)24(2)20-33-22-27-17-13-10-14-18-27/h9-18,23-25,29H,19-22H2,1-8H3/t23-,24-,25-,29-/m0/s1. The second-order valence-corrected chi connectivity index (χ2v) is 16.2. The van der Waals surface area contributed by atoms with Crippen LogP contribution in [0.3, 0.4) is 0 Å². The summed E-state index contributed by atoms with van der Waals surface area (Å²) in [5.74, 6) is -0.160. The first-order chi connectivity index (χ1) is 16.4. The van der Waals surface area contributed by atoms with Crippen LogP contribution < -0.4 is 0 Å². The average Bonchev–Trinajstić information content (AvgIpc) is 2.82. The fourth-order valence-corrected chi connectivity index (χ4v) is 5.35. The van der Waals surface area contributed by atoms with Crippen LogP contribution in [-0.2, 0) is 31.9 Å². The van der Waals surface area contributed by atoms with Gasteiger partial charge in [0, 0.05) is 17.8 Å².